The maximum Gasteiger partial charge on any atom is 0.343 e. The molecule has 0 atom stereocenters. The Morgan fingerprint density at radius 3 is 3.00 bits per heavy atom. The van der Waals surface area contributed by atoms with E-state index in [9.17, 15) is 14.3 Å². The molecule has 1 aromatic heterocycles. The summed E-state index contributed by atoms with van der Waals surface area (Å²) in [4.78, 5) is 11.8. The molecular formula is C12H14FN3O2S. The minimum absolute atomic E-state index is 0.261. The third-order valence-corrected chi connectivity index (χ3v) is 3.74. The molecule has 0 spiro atoms. The molecule has 0 radical (unpaired) electrons. The zero-order valence-corrected chi connectivity index (χ0v) is 11.2. The van der Waals surface area contributed by atoms with Crippen LogP contribution in [0.4, 0.5) is 4.39 Å². The van der Waals surface area contributed by atoms with Crippen molar-refractivity contribution < 1.29 is 9.50 Å². The van der Waals surface area contributed by atoms with Crippen LogP contribution >= 0.6 is 11.8 Å². The molecule has 2 N–H and O–H groups in total. The summed E-state index contributed by atoms with van der Waals surface area (Å²) in [6.45, 7) is 2.19. The van der Waals surface area contributed by atoms with Crippen LogP contribution in [0.15, 0.2) is 33.0 Å². The molecule has 0 unspecified atom stereocenters. The average Bonchev–Trinajstić information content (AvgIpc) is 2.74. The van der Waals surface area contributed by atoms with Crippen molar-refractivity contribution in [3.05, 3.63) is 40.1 Å². The van der Waals surface area contributed by atoms with E-state index in [-0.39, 0.29) is 12.3 Å². The van der Waals surface area contributed by atoms with Gasteiger partial charge in [-0.1, -0.05) is 19.1 Å². The van der Waals surface area contributed by atoms with Crippen molar-refractivity contribution in [3.8, 4) is 0 Å². The van der Waals surface area contributed by atoms with E-state index in [0.29, 0.717) is 22.2 Å². The fraction of sp³-hybridized carbons (Fsp3) is 0.333. The molecule has 0 bridgehead atoms. The lowest BCUT2D eigenvalue weighted by Gasteiger charge is -2.08. The van der Waals surface area contributed by atoms with Crippen LogP contribution in [0.2, 0.25) is 0 Å². The lowest BCUT2D eigenvalue weighted by molar-refractivity contribution is 0.277. The number of benzene rings is 1. The van der Waals surface area contributed by atoms with Gasteiger partial charge in [-0.15, -0.1) is 5.10 Å². The Labute approximate surface area is 113 Å². The highest BCUT2D eigenvalue weighted by molar-refractivity contribution is 7.99. The molecule has 0 aliphatic carbocycles. The van der Waals surface area contributed by atoms with Crippen LogP contribution in [0, 0.1) is 5.82 Å². The second-order valence-corrected chi connectivity index (χ2v) is 4.93. The van der Waals surface area contributed by atoms with Gasteiger partial charge in [0.2, 0.25) is 0 Å². The van der Waals surface area contributed by atoms with Crippen LogP contribution < -0.4 is 5.69 Å². The summed E-state index contributed by atoms with van der Waals surface area (Å²) in [7, 11) is 0. The predicted molar refractivity (Wildman–Crippen MR) is 69.6 cm³/mol. The van der Waals surface area contributed by atoms with Crippen LogP contribution in [0.5, 0.6) is 0 Å². The van der Waals surface area contributed by atoms with Crippen molar-refractivity contribution in [1.29, 1.82) is 0 Å². The number of nitrogens with zero attached hydrogens (tertiary/aromatic N) is 2. The Kier molecular flexibility index (Phi) is 4.39. The zero-order chi connectivity index (χ0) is 13.8. The quantitative estimate of drug-likeness (QED) is 0.877. The highest BCUT2D eigenvalue weighted by Gasteiger charge is 2.15. The van der Waals surface area contributed by atoms with Gasteiger partial charge in [0.15, 0.2) is 5.16 Å². The van der Waals surface area contributed by atoms with E-state index in [0.717, 1.165) is 18.2 Å². The van der Waals surface area contributed by atoms with Crippen molar-refractivity contribution in [3.63, 3.8) is 0 Å². The second-order valence-electron chi connectivity index (χ2n) is 3.95. The molecule has 102 valence electrons. The highest BCUT2D eigenvalue weighted by atomic mass is 32.2. The Bertz CT molecular complexity index is 624. The lowest BCUT2D eigenvalue weighted by atomic mass is 10.2. The first kappa shape index (κ1) is 13.8. The summed E-state index contributed by atoms with van der Waals surface area (Å²) in [6.07, 6.45) is 0.775. The molecule has 0 amide bonds. The monoisotopic (exact) mass is 283 g/mol. The highest BCUT2D eigenvalue weighted by Crippen LogP contribution is 2.31. The average molecular weight is 283 g/mol. The fourth-order valence-corrected chi connectivity index (χ4v) is 2.67. The maximum atomic E-state index is 13.8. The Morgan fingerprint density at radius 2 is 2.32 bits per heavy atom. The van der Waals surface area contributed by atoms with Crippen molar-refractivity contribution in [1.82, 2.24) is 14.8 Å². The standard InChI is InChI=1S/C12H14FN3O2S/c1-2-6-16-11(18)14-15-12(16)19-10-8(7-17)4-3-5-9(10)13/h3-5,17H,2,6-7H2,1H3,(H,14,18). The van der Waals surface area contributed by atoms with Gasteiger partial charge in [0, 0.05) is 6.54 Å². The van der Waals surface area contributed by atoms with Crippen LogP contribution in [-0.4, -0.2) is 19.9 Å². The fourth-order valence-electron chi connectivity index (χ4n) is 1.69. The van der Waals surface area contributed by atoms with E-state index >= 15 is 0 Å². The summed E-state index contributed by atoms with van der Waals surface area (Å²) >= 11 is 1.04. The molecule has 0 saturated heterocycles. The third kappa shape index (κ3) is 2.87. The predicted octanol–water partition coefficient (Wildman–Crippen LogP) is 1.76. The van der Waals surface area contributed by atoms with E-state index in [4.69, 9.17) is 0 Å². The molecule has 0 aliphatic heterocycles. The van der Waals surface area contributed by atoms with Gasteiger partial charge in [-0.05, 0) is 29.8 Å². The van der Waals surface area contributed by atoms with Gasteiger partial charge in [0.1, 0.15) is 5.82 Å². The van der Waals surface area contributed by atoms with Crippen molar-refractivity contribution in [2.45, 2.75) is 36.5 Å². The first-order valence-corrected chi connectivity index (χ1v) is 6.70. The number of H-pyrrole nitrogens is 1. The Morgan fingerprint density at radius 1 is 1.53 bits per heavy atom. The van der Waals surface area contributed by atoms with Gasteiger partial charge in [0.25, 0.3) is 0 Å². The summed E-state index contributed by atoms with van der Waals surface area (Å²) in [6, 6.07) is 4.49. The van der Waals surface area contributed by atoms with Crippen molar-refractivity contribution in [2.75, 3.05) is 0 Å². The van der Waals surface area contributed by atoms with Crippen LogP contribution in [-0.2, 0) is 13.2 Å². The number of aliphatic hydroxyl groups excluding tert-OH is 1. The first-order valence-electron chi connectivity index (χ1n) is 5.88. The summed E-state index contributed by atoms with van der Waals surface area (Å²) < 4.78 is 15.2. The number of aromatic amines is 1. The molecule has 5 nitrogen and oxygen atoms in total. The van der Waals surface area contributed by atoms with Gasteiger partial charge in [-0.25, -0.2) is 14.3 Å². The molecule has 0 fully saturated rings. The van der Waals surface area contributed by atoms with E-state index in [2.05, 4.69) is 10.2 Å². The summed E-state index contributed by atoms with van der Waals surface area (Å²) in [5.74, 6) is -0.435. The van der Waals surface area contributed by atoms with E-state index in [1.807, 2.05) is 6.92 Å². The number of rotatable bonds is 5. The Hall–Kier alpha value is -1.60. The minimum atomic E-state index is -0.435. The normalized spacial score (nSPS) is 10.9. The number of aromatic nitrogens is 3. The number of hydrogen-bond acceptors (Lipinski definition) is 4. The molecule has 0 aliphatic rings. The minimum Gasteiger partial charge on any atom is -0.392 e. The van der Waals surface area contributed by atoms with Crippen molar-refractivity contribution in [2.24, 2.45) is 0 Å². The van der Waals surface area contributed by atoms with Crippen LogP contribution in [0.1, 0.15) is 18.9 Å². The SMILES string of the molecule is CCCn1c(Sc2c(F)cccc2CO)n[nH]c1=O. The maximum absolute atomic E-state index is 13.8. The lowest BCUT2D eigenvalue weighted by Crippen LogP contribution is -2.17. The molecule has 7 heteroatoms. The largest absolute Gasteiger partial charge is 0.392 e. The van der Waals surface area contributed by atoms with Gasteiger partial charge in [0.05, 0.1) is 11.5 Å². The molecule has 0 saturated carbocycles. The molecule has 1 heterocycles. The van der Waals surface area contributed by atoms with Crippen molar-refractivity contribution >= 4 is 11.8 Å². The topological polar surface area (TPSA) is 70.9 Å². The zero-order valence-electron chi connectivity index (χ0n) is 10.4. The summed E-state index contributed by atoms with van der Waals surface area (Å²) in [5.41, 5.74) is 0.162. The molecule has 19 heavy (non-hydrogen) atoms. The second kappa shape index (κ2) is 6.03. The Balaban J connectivity index is 2.39. The van der Waals surface area contributed by atoms with Gasteiger partial charge >= 0.3 is 5.69 Å². The molecule has 2 aromatic rings. The number of hydrogen-bond donors (Lipinski definition) is 2. The van der Waals surface area contributed by atoms with E-state index in [1.165, 1.54) is 16.7 Å². The first-order chi connectivity index (χ1) is 9.17. The molecular weight excluding hydrogens is 269 g/mol. The number of halogens is 1. The number of aliphatic hydroxyl groups is 1. The number of nitrogens with one attached hydrogen (secondary N) is 1. The third-order valence-electron chi connectivity index (χ3n) is 2.58. The molecule has 1 aromatic carbocycles. The molecule has 2 rings (SSSR count). The van der Waals surface area contributed by atoms with Gasteiger partial charge in [-0.2, -0.15) is 0 Å². The van der Waals surface area contributed by atoms with Crippen LogP contribution in [0.3, 0.4) is 0 Å². The van der Waals surface area contributed by atoms with E-state index < -0.39 is 5.82 Å². The smallest absolute Gasteiger partial charge is 0.343 e. The van der Waals surface area contributed by atoms with Gasteiger partial charge in [-0.3, -0.25) is 4.57 Å². The van der Waals surface area contributed by atoms with Gasteiger partial charge < -0.3 is 5.11 Å². The van der Waals surface area contributed by atoms with E-state index in [1.54, 1.807) is 6.07 Å². The van der Waals surface area contributed by atoms with Crippen LogP contribution in [0.25, 0.3) is 0 Å². The summed E-state index contributed by atoms with van der Waals surface area (Å²) in [5, 5.41) is 15.9.